The predicted octanol–water partition coefficient (Wildman–Crippen LogP) is 3.60. The number of carbonyl (C=O) groups is 1. The first-order valence-corrected chi connectivity index (χ1v) is 9.53. The van der Waals surface area contributed by atoms with Crippen molar-refractivity contribution < 1.29 is 18.5 Å². The van der Waals surface area contributed by atoms with Crippen LogP contribution in [0.1, 0.15) is 53.5 Å². The molecule has 1 unspecified atom stereocenters. The minimum absolute atomic E-state index is 0.123. The van der Waals surface area contributed by atoms with Gasteiger partial charge in [0.05, 0.1) is 16.9 Å². The van der Waals surface area contributed by atoms with Crippen LogP contribution in [-0.4, -0.2) is 30.9 Å². The van der Waals surface area contributed by atoms with Gasteiger partial charge in [0.2, 0.25) is 0 Å². The average molecular weight is 376 g/mol. The van der Waals surface area contributed by atoms with E-state index in [0.29, 0.717) is 17.9 Å². The third-order valence-electron chi connectivity index (χ3n) is 6.34. The highest BCUT2D eigenvalue weighted by Gasteiger charge is 2.52. The van der Waals surface area contributed by atoms with Crippen molar-refractivity contribution in [2.75, 3.05) is 11.9 Å². The number of anilines is 1. The molecule has 0 aromatic heterocycles. The van der Waals surface area contributed by atoms with Crippen LogP contribution in [0.3, 0.4) is 0 Å². The van der Waals surface area contributed by atoms with E-state index in [0.717, 1.165) is 12.0 Å². The number of halogens is 1. The molecule has 27 heavy (non-hydrogen) atoms. The van der Waals surface area contributed by atoms with Crippen molar-refractivity contribution in [3.05, 3.63) is 23.5 Å². The van der Waals surface area contributed by atoms with Crippen molar-refractivity contribution in [1.82, 2.24) is 5.32 Å². The Labute approximate surface area is 161 Å². The van der Waals surface area contributed by atoms with Crippen LogP contribution in [0.15, 0.2) is 12.1 Å². The fourth-order valence-corrected chi connectivity index (χ4v) is 3.32. The van der Waals surface area contributed by atoms with Gasteiger partial charge in [0.15, 0.2) is 0 Å². The molecule has 5 nitrogen and oxygen atoms in total. The van der Waals surface area contributed by atoms with Crippen LogP contribution >= 0.6 is 0 Å². The van der Waals surface area contributed by atoms with Crippen LogP contribution in [0.25, 0.3) is 0 Å². The lowest BCUT2D eigenvalue weighted by Crippen LogP contribution is -2.41. The molecule has 3 rings (SSSR count). The molecule has 1 heterocycles. The van der Waals surface area contributed by atoms with E-state index in [1.807, 2.05) is 34.6 Å². The van der Waals surface area contributed by atoms with E-state index < -0.39 is 30.2 Å². The fraction of sp³-hybridized carbons (Fsp3) is 0.650. The summed E-state index contributed by atoms with van der Waals surface area (Å²) < 4.78 is 26.5. The molecular weight excluding hydrogens is 346 g/mol. The van der Waals surface area contributed by atoms with Crippen molar-refractivity contribution >= 4 is 24.3 Å². The summed E-state index contributed by atoms with van der Waals surface area (Å²) >= 11 is 0. The first kappa shape index (κ1) is 20.1. The maximum atomic E-state index is 14.4. The zero-order valence-corrected chi connectivity index (χ0v) is 17.3. The minimum Gasteiger partial charge on any atom is -0.399 e. The number of hydrogen-bond acceptors (Lipinski definition) is 3. The highest BCUT2D eigenvalue weighted by atomic mass is 19.1. The Morgan fingerprint density at radius 3 is 2.26 bits per heavy atom. The topological polar surface area (TPSA) is 59.6 Å². The summed E-state index contributed by atoms with van der Waals surface area (Å²) in [5, 5.41) is 5.44. The van der Waals surface area contributed by atoms with Gasteiger partial charge in [-0.2, -0.15) is 0 Å². The number of urea groups is 1. The Hall–Kier alpha value is -1.60. The first-order chi connectivity index (χ1) is 12.3. The Kier molecular flexibility index (Phi) is 4.84. The van der Waals surface area contributed by atoms with E-state index in [-0.39, 0.29) is 11.1 Å². The molecule has 1 saturated heterocycles. The van der Waals surface area contributed by atoms with Crippen molar-refractivity contribution in [3.8, 4) is 0 Å². The predicted molar refractivity (Wildman–Crippen MR) is 106 cm³/mol. The van der Waals surface area contributed by atoms with E-state index in [1.54, 1.807) is 6.07 Å². The molecule has 148 valence electrons. The molecule has 1 aromatic rings. The van der Waals surface area contributed by atoms with Gasteiger partial charge in [0, 0.05) is 6.54 Å². The van der Waals surface area contributed by atoms with Crippen LogP contribution in [0, 0.1) is 24.1 Å². The molecule has 1 aliphatic carbocycles. The Bertz CT molecular complexity index is 748. The molecule has 1 atom stereocenters. The van der Waals surface area contributed by atoms with Gasteiger partial charge in [-0.25, -0.2) is 9.18 Å². The van der Waals surface area contributed by atoms with Gasteiger partial charge in [-0.05, 0) is 75.5 Å². The van der Waals surface area contributed by atoms with E-state index >= 15 is 0 Å². The van der Waals surface area contributed by atoms with Gasteiger partial charge in [-0.3, -0.25) is 0 Å². The monoisotopic (exact) mass is 376 g/mol. The van der Waals surface area contributed by atoms with Gasteiger partial charge in [0.1, 0.15) is 5.82 Å². The smallest absolute Gasteiger partial charge is 0.399 e. The molecule has 1 aromatic carbocycles. The summed E-state index contributed by atoms with van der Waals surface area (Å²) in [6.07, 6.45) is 1.10. The number of carbonyl (C=O) groups excluding carboxylic acids is 1. The average Bonchev–Trinajstić information content (AvgIpc) is 3.06. The quantitative estimate of drug-likeness (QED) is 0.790. The van der Waals surface area contributed by atoms with Crippen LogP contribution < -0.4 is 16.1 Å². The molecule has 7 heteroatoms. The normalized spacial score (nSPS) is 24.6. The van der Waals surface area contributed by atoms with E-state index in [2.05, 4.69) is 24.5 Å². The van der Waals surface area contributed by atoms with Crippen LogP contribution in [0.2, 0.25) is 0 Å². The lowest BCUT2D eigenvalue weighted by Gasteiger charge is -2.32. The van der Waals surface area contributed by atoms with Crippen LogP contribution in [0.4, 0.5) is 14.9 Å². The van der Waals surface area contributed by atoms with Crippen molar-refractivity contribution in [1.29, 1.82) is 0 Å². The molecule has 2 aliphatic rings. The number of aryl methyl sites for hydroxylation is 1. The summed E-state index contributed by atoms with van der Waals surface area (Å²) in [5.41, 5.74) is 0.871. The Morgan fingerprint density at radius 2 is 1.74 bits per heavy atom. The van der Waals surface area contributed by atoms with Crippen LogP contribution in [0.5, 0.6) is 0 Å². The highest BCUT2D eigenvalue weighted by molar-refractivity contribution is 6.62. The maximum absolute atomic E-state index is 14.4. The van der Waals surface area contributed by atoms with Gasteiger partial charge >= 0.3 is 13.1 Å². The van der Waals surface area contributed by atoms with Gasteiger partial charge in [-0.1, -0.05) is 13.8 Å². The van der Waals surface area contributed by atoms with Gasteiger partial charge < -0.3 is 19.9 Å². The summed E-state index contributed by atoms with van der Waals surface area (Å²) in [6.45, 7) is 14.6. The summed E-state index contributed by atoms with van der Waals surface area (Å²) in [4.78, 5) is 12.2. The van der Waals surface area contributed by atoms with Gasteiger partial charge in [0.25, 0.3) is 0 Å². The molecule has 0 radical (unpaired) electrons. The molecule has 0 spiro atoms. The number of rotatable bonds is 4. The van der Waals surface area contributed by atoms with E-state index in [4.69, 9.17) is 9.31 Å². The molecule has 2 fully saturated rings. The summed E-state index contributed by atoms with van der Waals surface area (Å²) in [7, 11) is -0.605. The zero-order chi connectivity index (χ0) is 20.2. The highest BCUT2D eigenvalue weighted by Crippen LogP contribution is 2.50. The molecule has 2 N–H and O–H groups in total. The van der Waals surface area contributed by atoms with Crippen LogP contribution in [-0.2, 0) is 9.31 Å². The number of amides is 2. The number of benzene rings is 1. The van der Waals surface area contributed by atoms with Crippen molar-refractivity contribution in [3.63, 3.8) is 0 Å². The SMILES string of the molecule is Cc1cc(F)c(NC(=O)NCC2CC2(C)C)cc1B1OC(C)(C)C(C)(C)O1. The number of hydrogen-bond donors (Lipinski definition) is 2. The fourth-order valence-electron chi connectivity index (χ4n) is 3.32. The van der Waals surface area contributed by atoms with E-state index in [1.165, 1.54) is 6.07 Å². The van der Waals surface area contributed by atoms with E-state index in [9.17, 15) is 9.18 Å². The maximum Gasteiger partial charge on any atom is 0.495 e. The molecule has 2 amide bonds. The van der Waals surface area contributed by atoms with Crippen molar-refractivity contribution in [2.24, 2.45) is 11.3 Å². The Balaban J connectivity index is 1.72. The molecule has 1 saturated carbocycles. The minimum atomic E-state index is -0.605. The largest absolute Gasteiger partial charge is 0.495 e. The Morgan fingerprint density at radius 1 is 1.19 bits per heavy atom. The molecular formula is C20H30BFN2O3. The lowest BCUT2D eigenvalue weighted by molar-refractivity contribution is 0.00578. The van der Waals surface area contributed by atoms with Crippen molar-refractivity contribution in [2.45, 2.75) is 66.1 Å². The molecule has 1 aliphatic heterocycles. The third kappa shape index (κ3) is 3.99. The van der Waals surface area contributed by atoms with Gasteiger partial charge in [-0.15, -0.1) is 0 Å². The zero-order valence-electron chi connectivity index (χ0n) is 17.3. The number of nitrogens with one attached hydrogen (secondary N) is 2. The third-order valence-corrected chi connectivity index (χ3v) is 6.34. The second kappa shape index (κ2) is 6.48. The first-order valence-electron chi connectivity index (χ1n) is 9.53. The molecule has 0 bridgehead atoms. The summed E-state index contributed by atoms with van der Waals surface area (Å²) in [5.74, 6) is 0.00102. The second-order valence-corrected chi connectivity index (χ2v) is 9.50. The lowest BCUT2D eigenvalue weighted by atomic mass is 9.76. The standard InChI is InChI=1S/C20H30BFN2O3/c1-12-8-15(22)16(24-17(25)23-11-13-10-18(13,2)3)9-14(12)21-26-19(4,5)20(6,7)27-21/h8-9,13H,10-11H2,1-7H3,(H2,23,24,25). The summed E-state index contributed by atoms with van der Waals surface area (Å²) in [6, 6.07) is 2.60. The second-order valence-electron chi connectivity index (χ2n) is 9.50.